The maximum absolute atomic E-state index is 12.4. The van der Waals surface area contributed by atoms with Crippen LogP contribution >= 0.6 is 0 Å². The van der Waals surface area contributed by atoms with Gasteiger partial charge in [0.05, 0.1) is 24.9 Å². The van der Waals surface area contributed by atoms with Crippen molar-refractivity contribution < 1.29 is 14.3 Å². The molecule has 1 aliphatic heterocycles. The summed E-state index contributed by atoms with van der Waals surface area (Å²) in [6.45, 7) is 3.09. The number of rotatable bonds is 5. The second kappa shape index (κ2) is 6.74. The minimum Gasteiger partial charge on any atom is -0.497 e. The minimum absolute atomic E-state index is 0.0551. The Morgan fingerprint density at radius 2 is 2.12 bits per heavy atom. The van der Waals surface area contributed by atoms with E-state index in [4.69, 9.17) is 4.74 Å². The zero-order valence-corrected chi connectivity index (χ0v) is 13.7. The molecule has 0 unspecified atom stereocenters. The van der Waals surface area contributed by atoms with Crippen LogP contribution in [0.5, 0.6) is 5.75 Å². The molecule has 0 spiro atoms. The van der Waals surface area contributed by atoms with Gasteiger partial charge in [-0.1, -0.05) is 0 Å². The van der Waals surface area contributed by atoms with Crippen molar-refractivity contribution in [3.8, 4) is 5.75 Å². The van der Waals surface area contributed by atoms with Gasteiger partial charge in [-0.2, -0.15) is 5.10 Å². The van der Waals surface area contributed by atoms with Crippen molar-refractivity contribution >= 4 is 23.2 Å². The van der Waals surface area contributed by atoms with Gasteiger partial charge in [0, 0.05) is 31.4 Å². The lowest BCUT2D eigenvalue weighted by Gasteiger charge is -2.14. The Labute approximate surface area is 140 Å². The predicted octanol–water partition coefficient (Wildman–Crippen LogP) is 1.90. The number of aromatic nitrogens is 2. The highest BCUT2D eigenvalue weighted by molar-refractivity contribution is 6.03. The lowest BCUT2D eigenvalue weighted by Crippen LogP contribution is -2.27. The lowest BCUT2D eigenvalue weighted by atomic mass is 10.1. The summed E-state index contributed by atoms with van der Waals surface area (Å²) >= 11 is 0. The van der Waals surface area contributed by atoms with Gasteiger partial charge in [-0.15, -0.1) is 0 Å². The first-order valence-corrected chi connectivity index (χ1v) is 7.88. The second-order valence-corrected chi connectivity index (χ2v) is 5.68. The summed E-state index contributed by atoms with van der Waals surface area (Å²) in [5.41, 5.74) is 1.42. The van der Waals surface area contributed by atoms with Crippen molar-refractivity contribution in [3.63, 3.8) is 0 Å². The summed E-state index contributed by atoms with van der Waals surface area (Å²) in [4.78, 5) is 26.2. The molecule has 7 heteroatoms. The largest absolute Gasteiger partial charge is 0.497 e. The summed E-state index contributed by atoms with van der Waals surface area (Å²) in [5.74, 6) is 0.146. The number of hydrogen-bond donors (Lipinski definition) is 1. The van der Waals surface area contributed by atoms with Crippen molar-refractivity contribution in [2.45, 2.75) is 19.9 Å². The van der Waals surface area contributed by atoms with Gasteiger partial charge in [0.1, 0.15) is 5.75 Å². The molecule has 0 bridgehead atoms. The Balaban J connectivity index is 1.64. The zero-order chi connectivity index (χ0) is 17.1. The predicted molar refractivity (Wildman–Crippen MR) is 90.0 cm³/mol. The monoisotopic (exact) mass is 328 g/mol. The molecule has 24 heavy (non-hydrogen) atoms. The van der Waals surface area contributed by atoms with Crippen LogP contribution in [0.4, 0.5) is 11.4 Å². The average Bonchev–Trinajstić information content (AvgIpc) is 3.21. The number of carbonyl (C=O) groups excluding carboxylic acids is 2. The van der Waals surface area contributed by atoms with E-state index in [0.29, 0.717) is 12.2 Å². The molecule has 3 rings (SSSR count). The van der Waals surface area contributed by atoms with Crippen LogP contribution in [-0.4, -0.2) is 35.2 Å². The van der Waals surface area contributed by atoms with E-state index in [0.717, 1.165) is 18.0 Å². The van der Waals surface area contributed by atoms with Crippen LogP contribution in [0.2, 0.25) is 0 Å². The van der Waals surface area contributed by atoms with Gasteiger partial charge in [-0.3, -0.25) is 14.3 Å². The number of amides is 2. The molecule has 2 heterocycles. The van der Waals surface area contributed by atoms with Crippen molar-refractivity contribution in [2.75, 3.05) is 23.9 Å². The summed E-state index contributed by atoms with van der Waals surface area (Å²) < 4.78 is 6.85. The molecule has 0 saturated carbocycles. The van der Waals surface area contributed by atoms with E-state index in [-0.39, 0.29) is 24.2 Å². The van der Waals surface area contributed by atoms with Crippen molar-refractivity contribution in [1.82, 2.24) is 9.78 Å². The molecule has 126 valence electrons. The summed E-state index contributed by atoms with van der Waals surface area (Å²) in [7, 11) is 1.59. The van der Waals surface area contributed by atoms with Gasteiger partial charge in [-0.25, -0.2) is 0 Å². The standard InChI is InChI=1S/C17H20N4O3/c1-3-20-11-14(9-18-20)21-10-12(8-16(21)22)17(23)19-13-4-6-15(24-2)7-5-13/h4-7,9,11-12H,3,8,10H2,1-2H3,(H,19,23)/t12-/m1/s1. The molecular weight excluding hydrogens is 308 g/mol. The minimum atomic E-state index is -0.371. The third kappa shape index (κ3) is 3.24. The first-order valence-electron chi connectivity index (χ1n) is 7.88. The molecule has 1 atom stereocenters. The Morgan fingerprint density at radius 3 is 2.75 bits per heavy atom. The molecule has 1 fully saturated rings. The number of nitrogens with one attached hydrogen (secondary N) is 1. The Kier molecular flexibility index (Phi) is 4.50. The van der Waals surface area contributed by atoms with Crippen LogP contribution in [-0.2, 0) is 16.1 Å². The molecule has 1 aromatic heterocycles. The van der Waals surface area contributed by atoms with Gasteiger partial charge >= 0.3 is 0 Å². The maximum Gasteiger partial charge on any atom is 0.229 e. The Morgan fingerprint density at radius 1 is 1.38 bits per heavy atom. The highest BCUT2D eigenvalue weighted by Gasteiger charge is 2.35. The number of carbonyl (C=O) groups is 2. The molecule has 2 aromatic rings. The first kappa shape index (κ1) is 16.0. The van der Waals surface area contributed by atoms with Crippen molar-refractivity contribution in [2.24, 2.45) is 5.92 Å². The molecule has 7 nitrogen and oxygen atoms in total. The van der Waals surface area contributed by atoms with Crippen molar-refractivity contribution in [3.05, 3.63) is 36.7 Å². The Hall–Kier alpha value is -2.83. The highest BCUT2D eigenvalue weighted by atomic mass is 16.5. The number of aryl methyl sites for hydroxylation is 1. The number of anilines is 2. The topological polar surface area (TPSA) is 76.5 Å². The number of hydrogen-bond acceptors (Lipinski definition) is 4. The average molecular weight is 328 g/mol. The molecule has 0 radical (unpaired) electrons. The van der Waals surface area contributed by atoms with E-state index in [1.807, 2.05) is 13.1 Å². The quantitative estimate of drug-likeness (QED) is 0.909. The smallest absolute Gasteiger partial charge is 0.229 e. The summed E-state index contributed by atoms with van der Waals surface area (Å²) in [6, 6.07) is 7.11. The van der Waals surface area contributed by atoms with Crippen LogP contribution < -0.4 is 15.0 Å². The molecule has 1 N–H and O–H groups in total. The van der Waals surface area contributed by atoms with E-state index in [1.165, 1.54) is 0 Å². The molecule has 2 amide bonds. The van der Waals surface area contributed by atoms with E-state index in [2.05, 4.69) is 10.4 Å². The molecule has 1 saturated heterocycles. The van der Waals surface area contributed by atoms with Crippen LogP contribution in [0.3, 0.4) is 0 Å². The van der Waals surface area contributed by atoms with Gasteiger partial charge in [-0.05, 0) is 31.2 Å². The van der Waals surface area contributed by atoms with E-state index in [9.17, 15) is 9.59 Å². The maximum atomic E-state index is 12.4. The van der Waals surface area contributed by atoms with E-state index >= 15 is 0 Å². The van der Waals surface area contributed by atoms with E-state index in [1.54, 1.807) is 47.2 Å². The molecular formula is C17H20N4O3. The van der Waals surface area contributed by atoms with Crippen LogP contribution in [0.15, 0.2) is 36.7 Å². The fourth-order valence-electron chi connectivity index (χ4n) is 2.72. The SMILES string of the molecule is CCn1cc(N2C[C@H](C(=O)Nc3ccc(OC)cc3)CC2=O)cn1. The number of ether oxygens (including phenoxy) is 1. The van der Waals surface area contributed by atoms with Gasteiger partial charge in [0.25, 0.3) is 0 Å². The normalized spacial score (nSPS) is 17.2. The molecule has 1 aliphatic rings. The summed E-state index contributed by atoms with van der Waals surface area (Å²) in [6.07, 6.45) is 3.69. The molecule has 0 aliphatic carbocycles. The van der Waals surface area contributed by atoms with Crippen LogP contribution in [0, 0.1) is 5.92 Å². The Bertz CT molecular complexity index is 739. The lowest BCUT2D eigenvalue weighted by molar-refractivity contribution is -0.122. The zero-order valence-electron chi connectivity index (χ0n) is 13.7. The van der Waals surface area contributed by atoms with Gasteiger partial charge in [0.15, 0.2) is 0 Å². The fraction of sp³-hybridized carbons (Fsp3) is 0.353. The third-order valence-corrected chi connectivity index (χ3v) is 4.11. The fourth-order valence-corrected chi connectivity index (χ4v) is 2.72. The number of nitrogens with zero attached hydrogens (tertiary/aromatic N) is 3. The van der Waals surface area contributed by atoms with Crippen LogP contribution in [0.1, 0.15) is 13.3 Å². The second-order valence-electron chi connectivity index (χ2n) is 5.68. The number of methoxy groups -OCH3 is 1. The first-order chi connectivity index (χ1) is 11.6. The van der Waals surface area contributed by atoms with Gasteiger partial charge in [0.2, 0.25) is 11.8 Å². The van der Waals surface area contributed by atoms with E-state index < -0.39 is 0 Å². The summed E-state index contributed by atoms with van der Waals surface area (Å²) in [5, 5.41) is 7.03. The van der Waals surface area contributed by atoms with Gasteiger partial charge < -0.3 is 15.0 Å². The highest BCUT2D eigenvalue weighted by Crippen LogP contribution is 2.26. The van der Waals surface area contributed by atoms with Crippen molar-refractivity contribution in [1.29, 1.82) is 0 Å². The molecule has 1 aromatic carbocycles. The number of benzene rings is 1. The van der Waals surface area contributed by atoms with Crippen LogP contribution in [0.25, 0.3) is 0 Å². The third-order valence-electron chi connectivity index (χ3n) is 4.11.